The summed E-state index contributed by atoms with van der Waals surface area (Å²) in [6.45, 7) is 7.47. The lowest BCUT2D eigenvalue weighted by atomic mass is 9.86. The molecule has 4 heteroatoms. The van der Waals surface area contributed by atoms with Gasteiger partial charge in [0, 0.05) is 19.3 Å². The molecule has 1 aliphatic heterocycles. The lowest BCUT2D eigenvalue weighted by Crippen LogP contribution is -2.40. The third-order valence-electron chi connectivity index (χ3n) is 4.42. The average Bonchev–Trinajstić information content (AvgIpc) is 2.65. The van der Waals surface area contributed by atoms with Gasteiger partial charge in [-0.05, 0) is 38.8 Å². The highest BCUT2D eigenvalue weighted by Crippen LogP contribution is 2.46. The predicted molar refractivity (Wildman–Crippen MR) is 74.3 cm³/mol. The topological polar surface area (TPSA) is 39.7 Å². The maximum atomic E-state index is 6.25. The summed E-state index contributed by atoms with van der Waals surface area (Å²) in [4.78, 5) is 11.3. The molecule has 1 spiro atoms. The smallest absolute Gasteiger partial charge is 0.205 e. The van der Waals surface area contributed by atoms with E-state index in [-0.39, 0.29) is 0 Å². The minimum Gasteiger partial charge on any atom is -0.319 e. The molecule has 4 unspecified atom stereocenters. The van der Waals surface area contributed by atoms with Crippen LogP contribution in [0.15, 0.2) is 0 Å². The van der Waals surface area contributed by atoms with Crippen molar-refractivity contribution in [3.05, 3.63) is 0 Å². The highest BCUT2D eigenvalue weighted by molar-refractivity contribution is 4.84. The van der Waals surface area contributed by atoms with Gasteiger partial charge in [0.05, 0.1) is 0 Å². The van der Waals surface area contributed by atoms with E-state index in [1.807, 2.05) is 14.0 Å². The molecule has 1 aliphatic carbocycles. The van der Waals surface area contributed by atoms with E-state index in [4.69, 9.17) is 14.5 Å². The lowest BCUT2D eigenvalue weighted by Gasteiger charge is -2.34. The molecule has 112 valence electrons. The fourth-order valence-electron chi connectivity index (χ4n) is 3.46. The van der Waals surface area contributed by atoms with E-state index in [2.05, 4.69) is 19.2 Å². The third-order valence-corrected chi connectivity index (χ3v) is 4.42. The summed E-state index contributed by atoms with van der Waals surface area (Å²) in [7, 11) is 1.99. The summed E-state index contributed by atoms with van der Waals surface area (Å²) in [5.74, 6) is 0.132. The van der Waals surface area contributed by atoms with Crippen molar-refractivity contribution >= 4 is 0 Å². The first-order chi connectivity index (χ1) is 9.01. The van der Waals surface area contributed by atoms with Crippen molar-refractivity contribution in [2.45, 2.75) is 70.9 Å². The van der Waals surface area contributed by atoms with Gasteiger partial charge < -0.3 is 10.1 Å². The van der Waals surface area contributed by atoms with E-state index >= 15 is 0 Å². The second-order valence-electron chi connectivity index (χ2n) is 6.55. The second-order valence-corrected chi connectivity index (χ2v) is 6.55. The van der Waals surface area contributed by atoms with Crippen LogP contribution in [0.3, 0.4) is 0 Å². The molecule has 1 heterocycles. The van der Waals surface area contributed by atoms with Gasteiger partial charge in [0.25, 0.3) is 0 Å². The van der Waals surface area contributed by atoms with Gasteiger partial charge in [-0.15, -0.1) is 0 Å². The van der Waals surface area contributed by atoms with Crippen LogP contribution in [0.25, 0.3) is 0 Å². The van der Waals surface area contributed by atoms with Crippen molar-refractivity contribution in [1.82, 2.24) is 5.32 Å². The Morgan fingerprint density at radius 3 is 2.79 bits per heavy atom. The zero-order valence-corrected chi connectivity index (χ0v) is 12.8. The molecule has 0 amide bonds. The molecule has 1 saturated heterocycles. The van der Waals surface area contributed by atoms with Crippen LogP contribution >= 0.6 is 0 Å². The molecule has 0 bridgehead atoms. The summed E-state index contributed by atoms with van der Waals surface area (Å²) in [6.07, 6.45) is 6.32. The van der Waals surface area contributed by atoms with Crippen LogP contribution in [0.5, 0.6) is 0 Å². The van der Waals surface area contributed by atoms with Crippen LogP contribution < -0.4 is 5.32 Å². The number of rotatable bonds is 5. The second kappa shape index (κ2) is 6.08. The van der Waals surface area contributed by atoms with Crippen LogP contribution in [0.1, 0.15) is 59.3 Å². The van der Waals surface area contributed by atoms with Crippen LogP contribution in [-0.2, 0) is 14.5 Å². The quantitative estimate of drug-likeness (QED) is 0.779. The van der Waals surface area contributed by atoms with Crippen LogP contribution in [0.4, 0.5) is 0 Å². The van der Waals surface area contributed by atoms with Crippen molar-refractivity contribution in [1.29, 1.82) is 0 Å². The normalized spacial score (nSPS) is 40.7. The van der Waals surface area contributed by atoms with Gasteiger partial charge in [-0.3, -0.25) is 0 Å². The molecular weight excluding hydrogens is 242 g/mol. The largest absolute Gasteiger partial charge is 0.319 e. The van der Waals surface area contributed by atoms with Gasteiger partial charge in [-0.2, -0.15) is 9.78 Å². The van der Waals surface area contributed by atoms with Crippen LogP contribution in [-0.4, -0.2) is 25.2 Å². The van der Waals surface area contributed by atoms with E-state index < -0.39 is 11.6 Å². The number of hydrogen-bond donors (Lipinski definition) is 1. The van der Waals surface area contributed by atoms with E-state index in [1.54, 1.807) is 0 Å². The highest BCUT2D eigenvalue weighted by Gasteiger charge is 2.52. The first-order valence-electron chi connectivity index (χ1n) is 7.72. The van der Waals surface area contributed by atoms with Crippen molar-refractivity contribution in [3.8, 4) is 0 Å². The van der Waals surface area contributed by atoms with Crippen LogP contribution in [0, 0.1) is 11.8 Å². The van der Waals surface area contributed by atoms with E-state index in [0.717, 1.165) is 38.6 Å². The summed E-state index contributed by atoms with van der Waals surface area (Å²) in [6, 6.07) is 0. The molecular formula is C15H29NO3. The Morgan fingerprint density at radius 2 is 2.16 bits per heavy atom. The lowest BCUT2D eigenvalue weighted by molar-refractivity contribution is -0.355. The fraction of sp³-hybridized carbons (Fsp3) is 1.00. The molecule has 2 rings (SSSR count). The Balaban J connectivity index is 1.95. The van der Waals surface area contributed by atoms with Gasteiger partial charge in [0.2, 0.25) is 11.6 Å². The van der Waals surface area contributed by atoms with Crippen LogP contribution in [0.2, 0.25) is 0 Å². The summed E-state index contributed by atoms with van der Waals surface area (Å²) < 4.78 is 6.25. The number of nitrogens with one attached hydrogen (secondary N) is 1. The van der Waals surface area contributed by atoms with Gasteiger partial charge in [0.15, 0.2) is 0 Å². The first-order valence-corrected chi connectivity index (χ1v) is 7.72. The minimum absolute atomic E-state index is 0.482. The molecule has 1 N–H and O–H groups in total. The molecule has 2 aliphatic rings. The molecule has 1 saturated carbocycles. The Hall–Kier alpha value is -0.160. The highest BCUT2D eigenvalue weighted by atomic mass is 17.3. The molecule has 0 aromatic rings. The third kappa shape index (κ3) is 3.69. The number of hydrogen-bond acceptors (Lipinski definition) is 4. The summed E-state index contributed by atoms with van der Waals surface area (Å²) in [5, 5.41) is 3.24. The predicted octanol–water partition coefficient (Wildman–Crippen LogP) is 3.22. The molecule has 19 heavy (non-hydrogen) atoms. The molecule has 0 radical (unpaired) electrons. The average molecular weight is 271 g/mol. The molecule has 4 atom stereocenters. The zero-order valence-electron chi connectivity index (χ0n) is 12.8. The van der Waals surface area contributed by atoms with Gasteiger partial charge in [-0.1, -0.05) is 26.7 Å². The Kier molecular flexibility index (Phi) is 4.88. The Labute approximate surface area is 117 Å². The van der Waals surface area contributed by atoms with Crippen molar-refractivity contribution in [3.63, 3.8) is 0 Å². The van der Waals surface area contributed by atoms with Crippen molar-refractivity contribution in [2.24, 2.45) is 11.8 Å². The Bertz CT molecular complexity index is 299. The fourth-order valence-corrected chi connectivity index (χ4v) is 3.46. The monoisotopic (exact) mass is 271 g/mol. The first kappa shape index (κ1) is 15.2. The van der Waals surface area contributed by atoms with E-state index in [1.165, 1.54) is 6.42 Å². The molecule has 0 aromatic carbocycles. The molecule has 0 aromatic heterocycles. The van der Waals surface area contributed by atoms with Crippen molar-refractivity contribution < 1.29 is 14.5 Å². The maximum Gasteiger partial charge on any atom is 0.205 e. The SMILES string of the molecule is CCC(CNC)CC1(C)OOC2(CCCC(C)C2)O1. The standard InChI is InChI=1S/C15H29NO3/c1-5-13(11-16-4)10-14(3)17-15(19-18-14)8-6-7-12(2)9-15/h12-13,16H,5-11H2,1-4H3. The summed E-state index contributed by atoms with van der Waals surface area (Å²) in [5.41, 5.74) is 0. The summed E-state index contributed by atoms with van der Waals surface area (Å²) >= 11 is 0. The molecule has 4 nitrogen and oxygen atoms in total. The Morgan fingerprint density at radius 1 is 1.37 bits per heavy atom. The zero-order chi connectivity index (χ0) is 13.9. The molecule has 2 fully saturated rings. The number of ether oxygens (including phenoxy) is 1. The van der Waals surface area contributed by atoms with Crippen molar-refractivity contribution in [2.75, 3.05) is 13.6 Å². The van der Waals surface area contributed by atoms with E-state index in [0.29, 0.717) is 11.8 Å². The van der Waals surface area contributed by atoms with Gasteiger partial charge >= 0.3 is 0 Å². The minimum atomic E-state index is -0.589. The van der Waals surface area contributed by atoms with Gasteiger partial charge in [0.1, 0.15) is 0 Å². The maximum absolute atomic E-state index is 6.25. The van der Waals surface area contributed by atoms with E-state index in [9.17, 15) is 0 Å². The van der Waals surface area contributed by atoms with Gasteiger partial charge in [-0.25, -0.2) is 0 Å².